The van der Waals surface area contributed by atoms with E-state index in [1.165, 1.54) is 214 Å². The van der Waals surface area contributed by atoms with Crippen molar-refractivity contribution in [3.63, 3.8) is 0 Å². The van der Waals surface area contributed by atoms with Gasteiger partial charge in [0.05, 0.1) is 5.41 Å². The Hall–Kier alpha value is -11.1. The Kier molecular flexibility index (Phi) is 38.8. The molecule has 0 saturated heterocycles. The molecule has 0 spiro atoms. The molecule has 0 fully saturated rings. The molecular weight excluding hydrogens is 1620 g/mol. The van der Waals surface area contributed by atoms with Crippen molar-refractivity contribution in [3.05, 3.63) is 412 Å². The van der Waals surface area contributed by atoms with E-state index in [0.29, 0.717) is 35.0 Å². The second-order valence-corrected chi connectivity index (χ2v) is 42.0. The van der Waals surface area contributed by atoms with Crippen LogP contribution in [0.1, 0.15) is 266 Å². The fourth-order valence-corrected chi connectivity index (χ4v) is 17.8. The molecule has 0 aliphatic carbocycles. The summed E-state index contributed by atoms with van der Waals surface area (Å²) in [6.07, 6.45) is -0.761. The molecule has 0 aliphatic heterocycles. The molecule has 0 N–H and O–H groups in total. The van der Waals surface area contributed by atoms with Crippen molar-refractivity contribution in [2.45, 2.75) is 285 Å². The zero-order chi connectivity index (χ0) is 98.4. The predicted octanol–water partition coefficient (Wildman–Crippen LogP) is 38.8. The third kappa shape index (κ3) is 31.5. The summed E-state index contributed by atoms with van der Waals surface area (Å²) >= 11 is 0. The molecule has 133 heavy (non-hydrogen) atoms. The van der Waals surface area contributed by atoms with Crippen molar-refractivity contribution < 1.29 is 13.2 Å². The third-order valence-corrected chi connectivity index (χ3v) is 26.0. The Balaban J connectivity index is 0.000000191. The van der Waals surface area contributed by atoms with Crippen LogP contribution in [0.2, 0.25) is 0 Å². The lowest BCUT2D eigenvalue weighted by Gasteiger charge is -2.28. The number of rotatable bonds is 17. The highest BCUT2D eigenvalue weighted by Gasteiger charge is 2.47. The lowest BCUT2D eigenvalue weighted by molar-refractivity contribution is -0.211. The monoisotopic (exact) mass is 1780 g/mol. The van der Waals surface area contributed by atoms with E-state index >= 15 is 0 Å². The molecule has 14 aromatic carbocycles. The first kappa shape index (κ1) is 107. The van der Waals surface area contributed by atoms with Crippen LogP contribution >= 0.6 is 0 Å². The van der Waals surface area contributed by atoms with Crippen molar-refractivity contribution in [3.8, 4) is 77.9 Å². The summed E-state index contributed by atoms with van der Waals surface area (Å²) in [5.74, 6) is 3.16. The molecule has 0 unspecified atom stereocenters. The van der Waals surface area contributed by atoms with Crippen LogP contribution in [-0.4, -0.2) is 6.18 Å². The van der Waals surface area contributed by atoms with Crippen LogP contribution in [0.25, 0.3) is 77.9 Å². The predicted molar refractivity (Wildman–Crippen MR) is 579 cm³/mol. The summed E-state index contributed by atoms with van der Waals surface area (Å²) in [5.41, 5.74) is 51.6. The number of halogens is 3. The topological polar surface area (TPSA) is 0 Å². The number of alkyl halides is 3. The molecule has 0 nitrogen and oxygen atoms in total. The number of hydrogen-bond donors (Lipinski definition) is 0. The van der Waals surface area contributed by atoms with Gasteiger partial charge < -0.3 is 0 Å². The zero-order valence-corrected chi connectivity index (χ0v) is 87.8. The molecule has 14 aromatic rings. The summed E-state index contributed by atoms with van der Waals surface area (Å²) in [5, 5.41) is 0. The van der Waals surface area contributed by atoms with E-state index in [1.54, 1.807) is 6.07 Å². The summed E-state index contributed by atoms with van der Waals surface area (Å²) in [6, 6.07) is 97.0. The van der Waals surface area contributed by atoms with Crippen molar-refractivity contribution in [2.24, 2.45) is 22.7 Å². The van der Waals surface area contributed by atoms with Gasteiger partial charge in [-0.1, -0.05) is 387 Å². The maximum absolute atomic E-state index is 13.0. The molecule has 0 aliphatic rings. The van der Waals surface area contributed by atoms with E-state index in [0.717, 1.165) is 41.5 Å². The van der Waals surface area contributed by atoms with Crippen LogP contribution in [0.3, 0.4) is 0 Å². The molecule has 3 heteroatoms. The average molecular weight is 1780 g/mol. The van der Waals surface area contributed by atoms with Gasteiger partial charge in [0, 0.05) is 0 Å². The van der Waals surface area contributed by atoms with E-state index < -0.39 is 11.6 Å². The largest absolute Gasteiger partial charge is 0.394 e. The molecule has 700 valence electrons. The van der Waals surface area contributed by atoms with Crippen molar-refractivity contribution in [2.75, 3.05) is 0 Å². The Morgan fingerprint density at radius 3 is 0.729 bits per heavy atom. The van der Waals surface area contributed by atoms with Crippen LogP contribution < -0.4 is 0 Å². The molecule has 0 aromatic heterocycles. The summed E-state index contributed by atoms with van der Waals surface area (Å²) in [7, 11) is 0. The zero-order valence-electron chi connectivity index (χ0n) is 87.8. The molecular formula is C130H159F3. The SMILES string of the molecule is Cc1cc(CC(C)C)ccc1-c1ccc(C)c(C(C)C)c1.Cc1ccc(-c2ccc(C)c(C(C)C)c2)c(C)c1.Cc1ccc(-c2ccc(C)c(C)c2)c(C)c1.Cc1ccc(-c2ccc(CC(C)(C)C(F)(F)F)cc2C)cc1.Cc1ccc(-c2ccc(CC(C)(C)C)cc2C)cc1C.Cc1ccc(-c2ccc(CC(C)C)cc2C)cc1C.Cc1ccccc1-c1ccc(C)c(C(C)C)c1. The van der Waals surface area contributed by atoms with E-state index in [1.807, 2.05) is 50.2 Å². The second-order valence-electron chi connectivity index (χ2n) is 42.0. The Morgan fingerprint density at radius 1 is 0.203 bits per heavy atom. The normalized spacial score (nSPS) is 11.4. The average Bonchev–Trinajstić information content (AvgIpc) is 1.23. The smallest absolute Gasteiger partial charge is 0.171 e. The Bertz CT molecular complexity index is 6190. The maximum Gasteiger partial charge on any atom is 0.394 e. The van der Waals surface area contributed by atoms with E-state index in [4.69, 9.17) is 0 Å². The quantitative estimate of drug-likeness (QED) is 0.0852. The van der Waals surface area contributed by atoms with Gasteiger partial charge in [-0.3, -0.25) is 0 Å². The standard InChI is InChI=1S/C21H28.C20H26.C19H21F3.C19H24.C18H22.C17H20.C16H18/c1-14(2)11-18-8-10-20(17(6)12-18)19-9-7-16(5)21(13-19)15(3)4;1-14-7-9-18(12-15(14)2)19-10-8-17(11-16(19)3)13-20(4,5)6;1-13-5-8-16(9-6-13)17-10-7-15(11-14(17)2)12-18(3,4)19(20,21)22;1-13(2)10-17-7-9-19(16(5)11-17)18-8-6-14(3)15(4)12-18;1-12(2)18-11-16(8-7-14(18)4)17-9-6-13(3)10-15(17)5;1-12(2)17-11-15(10-9-14(17)4)16-8-6-5-7-13(16)3;1-11-5-8-16(14(4)9-11)15-7-6-12(2)13(3)10-15/h7-10,12-15H,11H2,1-6H3;7-12H,13H2,1-6H3;5-11H,12H2,1-4H3;6-9,11-13H,10H2,1-5H3;6-12H,1-5H3;5-12H,1-4H3;5-10H,1-4H3. The number of benzene rings is 14. The molecule has 0 bridgehead atoms. The molecule has 0 saturated carbocycles. The highest BCUT2D eigenvalue weighted by atomic mass is 19.4. The minimum atomic E-state index is -4.20. The van der Waals surface area contributed by atoms with Gasteiger partial charge in [-0.15, -0.1) is 0 Å². The fraction of sp³-hybridized carbons (Fsp3) is 0.354. The van der Waals surface area contributed by atoms with Crippen LogP contribution in [0.5, 0.6) is 0 Å². The van der Waals surface area contributed by atoms with Gasteiger partial charge in [0.1, 0.15) is 0 Å². The van der Waals surface area contributed by atoms with Crippen LogP contribution in [0.4, 0.5) is 13.2 Å². The van der Waals surface area contributed by atoms with Gasteiger partial charge in [-0.05, 0) is 398 Å². The summed E-state index contributed by atoms with van der Waals surface area (Å²) in [6.45, 7) is 73.1. The van der Waals surface area contributed by atoms with Crippen LogP contribution in [-0.2, 0) is 25.7 Å². The van der Waals surface area contributed by atoms with Gasteiger partial charge in [-0.25, -0.2) is 0 Å². The summed E-state index contributed by atoms with van der Waals surface area (Å²) in [4.78, 5) is 0. The van der Waals surface area contributed by atoms with Crippen LogP contribution in [0, 0.1) is 154 Å². The summed E-state index contributed by atoms with van der Waals surface area (Å²) < 4.78 is 39.0. The van der Waals surface area contributed by atoms with Gasteiger partial charge in [0.25, 0.3) is 0 Å². The van der Waals surface area contributed by atoms with Crippen molar-refractivity contribution in [1.82, 2.24) is 0 Å². The maximum atomic E-state index is 13.0. The van der Waals surface area contributed by atoms with Gasteiger partial charge in [0.2, 0.25) is 0 Å². The minimum Gasteiger partial charge on any atom is -0.171 e. The van der Waals surface area contributed by atoms with Crippen LogP contribution in [0.15, 0.2) is 267 Å². The van der Waals surface area contributed by atoms with Crippen molar-refractivity contribution in [1.29, 1.82) is 0 Å². The molecule has 0 atom stereocenters. The highest BCUT2D eigenvalue weighted by molar-refractivity contribution is 5.75. The minimum absolute atomic E-state index is 0.00841. The fourth-order valence-electron chi connectivity index (χ4n) is 17.8. The number of hydrogen-bond acceptors (Lipinski definition) is 0. The third-order valence-electron chi connectivity index (χ3n) is 26.0. The lowest BCUT2D eigenvalue weighted by Crippen LogP contribution is -2.34. The molecule has 0 heterocycles. The first-order chi connectivity index (χ1) is 62.4. The molecule has 0 amide bonds. The Morgan fingerprint density at radius 2 is 0.451 bits per heavy atom. The number of aryl methyl sites for hydroxylation is 19. The lowest BCUT2D eigenvalue weighted by atomic mass is 9.84. The van der Waals surface area contributed by atoms with E-state index in [9.17, 15) is 13.2 Å². The van der Waals surface area contributed by atoms with E-state index in [-0.39, 0.29) is 6.42 Å². The molecule has 0 radical (unpaired) electrons. The van der Waals surface area contributed by atoms with E-state index in [2.05, 4.69) is 432 Å². The Labute approximate surface area is 804 Å². The second kappa shape index (κ2) is 48.2. The first-order valence-electron chi connectivity index (χ1n) is 48.6. The van der Waals surface area contributed by atoms with Gasteiger partial charge in [-0.2, -0.15) is 13.2 Å². The van der Waals surface area contributed by atoms with Gasteiger partial charge in [0.15, 0.2) is 0 Å². The first-order valence-corrected chi connectivity index (χ1v) is 48.6. The molecule has 14 rings (SSSR count). The van der Waals surface area contributed by atoms with Gasteiger partial charge >= 0.3 is 6.18 Å². The van der Waals surface area contributed by atoms with Crippen molar-refractivity contribution >= 4 is 0 Å². The highest BCUT2D eigenvalue weighted by Crippen LogP contribution is 2.42.